The van der Waals surface area contributed by atoms with Crippen LogP contribution in [0.2, 0.25) is 0 Å². The lowest BCUT2D eigenvalue weighted by Crippen LogP contribution is -2.02. The number of rotatable bonds is 12. The summed E-state index contributed by atoms with van der Waals surface area (Å²) in [7, 11) is 1.55. The predicted octanol–water partition coefficient (Wildman–Crippen LogP) is 7.08. The molecule has 0 spiro atoms. The molecule has 0 aliphatic carbocycles. The molecule has 0 saturated heterocycles. The van der Waals surface area contributed by atoms with Gasteiger partial charge in [0, 0.05) is 17.5 Å². The standard InChI is InChI=1S/C27H29FO5.C2H4/c1-3-4-14-32-26-16-20(8-11-23(26)24-17-21(31-2)10-12-25(24)28)18-33-22-7-5-6-19(15-22)9-13-27(29)30;1-2/h5-8,10-12,15-17H,3-4,9,13-14,18H2,1-2H3,(H,29,30);1-2H2. The van der Waals surface area contributed by atoms with E-state index in [4.69, 9.17) is 19.3 Å². The van der Waals surface area contributed by atoms with Crippen molar-refractivity contribution in [3.63, 3.8) is 0 Å². The van der Waals surface area contributed by atoms with Gasteiger partial charge in [0.15, 0.2) is 0 Å². The van der Waals surface area contributed by atoms with Gasteiger partial charge in [-0.15, -0.1) is 13.2 Å². The van der Waals surface area contributed by atoms with Gasteiger partial charge in [0.05, 0.1) is 13.7 Å². The molecular formula is C29H33FO5. The minimum Gasteiger partial charge on any atom is -0.497 e. The van der Waals surface area contributed by atoms with Crippen molar-refractivity contribution in [1.82, 2.24) is 0 Å². The summed E-state index contributed by atoms with van der Waals surface area (Å²) in [6.45, 7) is 8.92. The predicted molar refractivity (Wildman–Crippen MR) is 137 cm³/mol. The molecule has 5 nitrogen and oxygen atoms in total. The summed E-state index contributed by atoms with van der Waals surface area (Å²) in [6, 6.07) is 17.6. The molecule has 6 heteroatoms. The average Bonchev–Trinajstić information content (AvgIpc) is 2.88. The van der Waals surface area contributed by atoms with Gasteiger partial charge in [-0.05, 0) is 60.4 Å². The molecule has 0 aliphatic heterocycles. The number of hydrogen-bond acceptors (Lipinski definition) is 4. The molecule has 0 heterocycles. The van der Waals surface area contributed by atoms with Gasteiger partial charge in [0.25, 0.3) is 0 Å². The van der Waals surface area contributed by atoms with E-state index < -0.39 is 5.97 Å². The van der Waals surface area contributed by atoms with Crippen LogP contribution in [0.15, 0.2) is 73.8 Å². The molecule has 0 radical (unpaired) electrons. The first-order valence-corrected chi connectivity index (χ1v) is 11.5. The topological polar surface area (TPSA) is 65.0 Å². The van der Waals surface area contributed by atoms with E-state index in [0.29, 0.717) is 48.0 Å². The lowest BCUT2D eigenvalue weighted by atomic mass is 10.0. The zero-order valence-corrected chi connectivity index (χ0v) is 20.4. The number of carboxylic acid groups (broad SMARTS) is 1. The Labute approximate surface area is 206 Å². The Morgan fingerprint density at radius 2 is 1.74 bits per heavy atom. The van der Waals surface area contributed by atoms with Crippen molar-refractivity contribution in [2.45, 2.75) is 39.2 Å². The Morgan fingerprint density at radius 1 is 0.943 bits per heavy atom. The second-order valence-electron chi connectivity index (χ2n) is 7.71. The quantitative estimate of drug-likeness (QED) is 0.222. The number of aryl methyl sites for hydroxylation is 1. The number of unbranched alkanes of at least 4 members (excludes halogenated alkanes) is 1. The Kier molecular flexibility index (Phi) is 11.3. The molecule has 0 fully saturated rings. The Hall–Kier alpha value is -3.80. The van der Waals surface area contributed by atoms with Crippen molar-refractivity contribution in [3.05, 3.63) is 90.8 Å². The maximum absolute atomic E-state index is 14.6. The fourth-order valence-corrected chi connectivity index (χ4v) is 3.37. The second-order valence-corrected chi connectivity index (χ2v) is 7.71. The molecule has 3 aromatic carbocycles. The SMILES string of the molecule is C=C.CCCCOc1cc(COc2cccc(CCC(=O)O)c2)ccc1-c1cc(OC)ccc1F. The van der Waals surface area contributed by atoms with E-state index in [1.165, 1.54) is 6.07 Å². The molecule has 186 valence electrons. The van der Waals surface area contributed by atoms with E-state index in [0.717, 1.165) is 24.0 Å². The highest BCUT2D eigenvalue weighted by molar-refractivity contribution is 5.72. The van der Waals surface area contributed by atoms with Crippen LogP contribution in [-0.2, 0) is 17.8 Å². The van der Waals surface area contributed by atoms with Crippen LogP contribution in [0.3, 0.4) is 0 Å². The highest BCUT2D eigenvalue weighted by Gasteiger charge is 2.14. The van der Waals surface area contributed by atoms with Crippen LogP contribution in [0.5, 0.6) is 17.2 Å². The van der Waals surface area contributed by atoms with Gasteiger partial charge in [-0.2, -0.15) is 0 Å². The normalized spacial score (nSPS) is 10.1. The van der Waals surface area contributed by atoms with Crippen molar-refractivity contribution in [2.24, 2.45) is 0 Å². The minimum atomic E-state index is -0.829. The van der Waals surface area contributed by atoms with E-state index in [1.54, 1.807) is 19.2 Å². The van der Waals surface area contributed by atoms with Crippen LogP contribution < -0.4 is 14.2 Å². The molecule has 0 amide bonds. The number of hydrogen-bond donors (Lipinski definition) is 1. The minimum absolute atomic E-state index is 0.0736. The number of carbonyl (C=O) groups is 1. The Morgan fingerprint density at radius 3 is 2.46 bits per heavy atom. The first-order chi connectivity index (χ1) is 17.0. The molecule has 0 bridgehead atoms. The summed E-state index contributed by atoms with van der Waals surface area (Å²) in [5.74, 6) is 0.644. The molecular weight excluding hydrogens is 447 g/mol. The third-order valence-electron chi connectivity index (χ3n) is 5.20. The van der Waals surface area contributed by atoms with Gasteiger partial charge >= 0.3 is 5.97 Å². The van der Waals surface area contributed by atoms with Gasteiger partial charge in [-0.1, -0.05) is 37.6 Å². The number of methoxy groups -OCH3 is 1. The summed E-state index contributed by atoms with van der Waals surface area (Å²) in [6.07, 6.45) is 2.40. The van der Waals surface area contributed by atoms with Crippen LogP contribution >= 0.6 is 0 Å². The molecule has 3 rings (SSSR count). The highest BCUT2D eigenvalue weighted by atomic mass is 19.1. The Bertz CT molecular complexity index is 1100. The number of aliphatic carboxylic acids is 1. The van der Waals surface area contributed by atoms with Crippen molar-refractivity contribution in [1.29, 1.82) is 0 Å². The molecule has 0 atom stereocenters. The zero-order valence-electron chi connectivity index (χ0n) is 20.4. The van der Waals surface area contributed by atoms with Crippen molar-refractivity contribution in [3.8, 4) is 28.4 Å². The lowest BCUT2D eigenvalue weighted by Gasteiger charge is -2.15. The van der Waals surface area contributed by atoms with Crippen LogP contribution in [0, 0.1) is 5.82 Å². The molecule has 0 saturated carbocycles. The summed E-state index contributed by atoms with van der Waals surface area (Å²) < 4.78 is 31.8. The van der Waals surface area contributed by atoms with Gasteiger partial charge in [-0.25, -0.2) is 4.39 Å². The monoisotopic (exact) mass is 480 g/mol. The first kappa shape index (κ1) is 27.4. The summed E-state index contributed by atoms with van der Waals surface area (Å²) in [4.78, 5) is 10.8. The van der Waals surface area contributed by atoms with Crippen LogP contribution in [0.1, 0.15) is 37.3 Å². The molecule has 0 aromatic heterocycles. The van der Waals surface area contributed by atoms with E-state index in [2.05, 4.69) is 20.1 Å². The smallest absolute Gasteiger partial charge is 0.303 e. The average molecular weight is 481 g/mol. The molecule has 0 aliphatic rings. The fourth-order valence-electron chi connectivity index (χ4n) is 3.37. The van der Waals surface area contributed by atoms with Gasteiger partial charge in [0.1, 0.15) is 29.7 Å². The fraction of sp³-hybridized carbons (Fsp3) is 0.276. The molecule has 35 heavy (non-hydrogen) atoms. The third-order valence-corrected chi connectivity index (χ3v) is 5.20. The first-order valence-electron chi connectivity index (χ1n) is 11.5. The number of ether oxygens (including phenoxy) is 3. The maximum Gasteiger partial charge on any atom is 0.303 e. The molecule has 0 unspecified atom stereocenters. The maximum atomic E-state index is 14.6. The number of carboxylic acids is 1. The largest absolute Gasteiger partial charge is 0.497 e. The summed E-state index contributed by atoms with van der Waals surface area (Å²) in [5.41, 5.74) is 2.85. The van der Waals surface area contributed by atoms with Crippen molar-refractivity contribution < 1.29 is 28.5 Å². The zero-order chi connectivity index (χ0) is 25.6. The van der Waals surface area contributed by atoms with Gasteiger partial charge in [0.2, 0.25) is 0 Å². The van der Waals surface area contributed by atoms with E-state index in [1.807, 2.05) is 42.5 Å². The van der Waals surface area contributed by atoms with Crippen LogP contribution in [0.25, 0.3) is 11.1 Å². The van der Waals surface area contributed by atoms with Crippen molar-refractivity contribution >= 4 is 5.97 Å². The van der Waals surface area contributed by atoms with E-state index >= 15 is 0 Å². The second kappa shape index (κ2) is 14.5. The van der Waals surface area contributed by atoms with E-state index in [9.17, 15) is 9.18 Å². The summed E-state index contributed by atoms with van der Waals surface area (Å²) >= 11 is 0. The van der Waals surface area contributed by atoms with E-state index in [-0.39, 0.29) is 12.2 Å². The van der Waals surface area contributed by atoms with Crippen molar-refractivity contribution in [2.75, 3.05) is 13.7 Å². The van der Waals surface area contributed by atoms with Gasteiger partial charge in [-0.3, -0.25) is 4.79 Å². The van der Waals surface area contributed by atoms with Crippen LogP contribution in [-0.4, -0.2) is 24.8 Å². The lowest BCUT2D eigenvalue weighted by molar-refractivity contribution is -0.136. The highest BCUT2D eigenvalue weighted by Crippen LogP contribution is 2.35. The Balaban J connectivity index is 0.00000210. The molecule has 1 N–H and O–H groups in total. The number of benzene rings is 3. The third kappa shape index (κ3) is 8.49. The molecule has 3 aromatic rings. The number of halogens is 1. The van der Waals surface area contributed by atoms with Crippen LogP contribution in [0.4, 0.5) is 4.39 Å². The van der Waals surface area contributed by atoms with Gasteiger partial charge < -0.3 is 19.3 Å². The summed E-state index contributed by atoms with van der Waals surface area (Å²) in [5, 5.41) is 8.88.